The van der Waals surface area contributed by atoms with Gasteiger partial charge in [0.25, 0.3) is 0 Å². The summed E-state index contributed by atoms with van der Waals surface area (Å²) < 4.78 is 0. The summed E-state index contributed by atoms with van der Waals surface area (Å²) in [6.07, 6.45) is 8.61. The van der Waals surface area contributed by atoms with Crippen LogP contribution in [0.25, 0.3) is 21.8 Å². The minimum Gasteiger partial charge on any atom is -0.355 e. The molecule has 1 aliphatic carbocycles. The number of rotatable bonds is 1. The van der Waals surface area contributed by atoms with Gasteiger partial charge in [0.15, 0.2) is 0 Å². The Morgan fingerprint density at radius 2 is 1.79 bits per heavy atom. The summed E-state index contributed by atoms with van der Waals surface area (Å²) in [6.45, 7) is 4.83. The molecule has 0 bridgehead atoms. The van der Waals surface area contributed by atoms with Gasteiger partial charge in [0.05, 0.1) is 23.1 Å². The molecule has 4 heteroatoms. The van der Waals surface area contributed by atoms with Gasteiger partial charge in [0.1, 0.15) is 6.33 Å². The van der Waals surface area contributed by atoms with Gasteiger partial charge in [-0.25, -0.2) is 9.97 Å². The number of aromatic amines is 1. The normalized spacial score (nSPS) is 26.6. The molecule has 1 saturated carbocycles. The smallest absolute Gasteiger partial charge is 0.115 e. The first-order valence-corrected chi connectivity index (χ1v) is 10.2. The van der Waals surface area contributed by atoms with Gasteiger partial charge in [-0.05, 0) is 44.0 Å². The predicted molar refractivity (Wildman–Crippen MR) is 114 cm³/mol. The van der Waals surface area contributed by atoms with Crippen LogP contribution in [0.5, 0.6) is 0 Å². The molecule has 0 saturated heterocycles. The Hall–Kier alpha value is -2.88. The van der Waals surface area contributed by atoms with E-state index < -0.39 is 0 Å². The largest absolute Gasteiger partial charge is 0.355 e. The van der Waals surface area contributed by atoms with Gasteiger partial charge < -0.3 is 9.88 Å². The van der Waals surface area contributed by atoms with E-state index in [9.17, 15) is 0 Å². The van der Waals surface area contributed by atoms with Crippen LogP contribution in [0.15, 0.2) is 55.0 Å². The Morgan fingerprint density at radius 3 is 2.71 bits per heavy atom. The van der Waals surface area contributed by atoms with Crippen LogP contribution < -0.4 is 4.90 Å². The van der Waals surface area contributed by atoms with Crippen molar-refractivity contribution in [1.29, 1.82) is 0 Å². The Labute approximate surface area is 164 Å². The predicted octanol–water partition coefficient (Wildman–Crippen LogP) is 5.85. The molecule has 2 aromatic carbocycles. The highest BCUT2D eigenvalue weighted by Gasteiger charge is 2.58. The zero-order valence-corrected chi connectivity index (χ0v) is 16.4. The molecule has 1 fully saturated rings. The third kappa shape index (κ3) is 1.85. The van der Waals surface area contributed by atoms with Gasteiger partial charge in [0.2, 0.25) is 0 Å². The van der Waals surface area contributed by atoms with Gasteiger partial charge in [-0.15, -0.1) is 0 Å². The Kier molecular flexibility index (Phi) is 3.07. The molecule has 2 atom stereocenters. The summed E-state index contributed by atoms with van der Waals surface area (Å²) in [7, 11) is 0. The van der Waals surface area contributed by atoms with Gasteiger partial charge in [-0.3, -0.25) is 0 Å². The lowest BCUT2D eigenvalue weighted by Gasteiger charge is -2.49. The molecule has 6 rings (SSSR count). The quantitative estimate of drug-likeness (QED) is 0.458. The molecule has 2 aromatic heterocycles. The standard InChI is InChI=1S/C24H24N4/c1-23-11-5-6-12-24(23,2)28(21-14-25-15-26-22(21)23)16-9-10-20-18(13-16)17-7-3-4-8-19(17)27-20/h3-4,7-10,13-15,27H,5-6,11-12H2,1-2H3. The number of para-hydroxylation sites is 1. The van der Waals surface area contributed by atoms with Gasteiger partial charge >= 0.3 is 0 Å². The number of nitrogens with zero attached hydrogens (tertiary/aromatic N) is 3. The average molecular weight is 368 g/mol. The van der Waals surface area contributed by atoms with Crippen LogP contribution in [0, 0.1) is 0 Å². The first-order chi connectivity index (χ1) is 13.6. The SMILES string of the molecule is CC12CCCCC1(C)N(c1ccc3[nH]c4ccccc4c3c1)c1cncnc12. The third-order valence-electron chi connectivity index (χ3n) is 7.48. The highest BCUT2D eigenvalue weighted by atomic mass is 15.3. The minimum absolute atomic E-state index is 0.0173. The van der Waals surface area contributed by atoms with Crippen molar-refractivity contribution >= 4 is 33.2 Å². The summed E-state index contributed by atoms with van der Waals surface area (Å²) in [5.41, 5.74) is 6.07. The zero-order chi connectivity index (χ0) is 18.9. The second-order valence-corrected chi connectivity index (χ2v) is 8.81. The van der Waals surface area contributed by atoms with Crippen molar-refractivity contribution in [3.8, 4) is 0 Å². The number of benzene rings is 2. The Bertz CT molecular complexity index is 1230. The zero-order valence-electron chi connectivity index (χ0n) is 16.4. The second-order valence-electron chi connectivity index (χ2n) is 8.81. The van der Waals surface area contributed by atoms with Gasteiger partial charge in [-0.2, -0.15) is 0 Å². The molecular formula is C24H24N4. The summed E-state index contributed by atoms with van der Waals surface area (Å²) in [6, 6.07) is 15.4. The number of hydrogen-bond donors (Lipinski definition) is 1. The lowest BCUT2D eigenvalue weighted by molar-refractivity contribution is 0.191. The van der Waals surface area contributed by atoms with Gasteiger partial charge in [-0.1, -0.05) is 38.0 Å². The molecule has 3 heterocycles. The fourth-order valence-electron chi connectivity index (χ4n) is 5.80. The monoisotopic (exact) mass is 368 g/mol. The lowest BCUT2D eigenvalue weighted by Crippen LogP contribution is -2.54. The minimum atomic E-state index is 0.0173. The number of fused-ring (bicyclic) bond motifs is 6. The molecule has 0 spiro atoms. The van der Waals surface area contributed by atoms with Crippen molar-refractivity contribution in [2.24, 2.45) is 0 Å². The van der Waals surface area contributed by atoms with E-state index in [1.807, 2.05) is 6.20 Å². The average Bonchev–Trinajstić information content (AvgIpc) is 3.18. The first kappa shape index (κ1) is 16.1. The molecule has 2 aliphatic rings. The second kappa shape index (κ2) is 5.34. The number of H-pyrrole nitrogens is 1. The number of nitrogens with one attached hydrogen (secondary N) is 1. The van der Waals surface area contributed by atoms with E-state index >= 15 is 0 Å². The van der Waals surface area contributed by atoms with Crippen LogP contribution >= 0.6 is 0 Å². The van der Waals surface area contributed by atoms with E-state index in [0.717, 1.165) is 0 Å². The van der Waals surface area contributed by atoms with Crippen molar-refractivity contribution in [2.75, 3.05) is 4.90 Å². The molecule has 2 unspecified atom stereocenters. The number of aromatic nitrogens is 3. The van der Waals surface area contributed by atoms with Crippen LogP contribution in [0.1, 0.15) is 45.2 Å². The molecule has 4 nitrogen and oxygen atoms in total. The van der Waals surface area contributed by atoms with Crippen LogP contribution in [-0.4, -0.2) is 20.5 Å². The molecule has 1 aliphatic heterocycles. The van der Waals surface area contributed by atoms with E-state index in [1.165, 1.54) is 64.6 Å². The fourth-order valence-corrected chi connectivity index (χ4v) is 5.80. The van der Waals surface area contributed by atoms with E-state index in [-0.39, 0.29) is 11.0 Å². The highest BCUT2D eigenvalue weighted by molar-refractivity contribution is 6.08. The van der Waals surface area contributed by atoms with Crippen LogP contribution in [0.2, 0.25) is 0 Å². The van der Waals surface area contributed by atoms with E-state index in [4.69, 9.17) is 4.98 Å². The van der Waals surface area contributed by atoms with Crippen molar-refractivity contribution < 1.29 is 0 Å². The maximum absolute atomic E-state index is 4.78. The topological polar surface area (TPSA) is 44.8 Å². The van der Waals surface area contributed by atoms with Crippen LogP contribution in [0.4, 0.5) is 11.4 Å². The highest BCUT2D eigenvalue weighted by Crippen LogP contribution is 2.59. The molecule has 140 valence electrons. The summed E-state index contributed by atoms with van der Waals surface area (Å²) in [5, 5.41) is 2.55. The van der Waals surface area contributed by atoms with E-state index in [1.54, 1.807) is 6.33 Å². The molecular weight excluding hydrogens is 344 g/mol. The molecule has 28 heavy (non-hydrogen) atoms. The lowest BCUT2D eigenvalue weighted by atomic mass is 9.63. The first-order valence-electron chi connectivity index (χ1n) is 10.2. The molecule has 0 amide bonds. The van der Waals surface area contributed by atoms with Gasteiger partial charge in [0, 0.05) is 32.9 Å². The summed E-state index contributed by atoms with van der Waals surface area (Å²) in [5.74, 6) is 0. The van der Waals surface area contributed by atoms with Crippen LogP contribution in [0.3, 0.4) is 0 Å². The maximum Gasteiger partial charge on any atom is 0.115 e. The van der Waals surface area contributed by atoms with E-state index in [0.29, 0.717) is 0 Å². The Balaban J connectivity index is 1.62. The number of hydrogen-bond acceptors (Lipinski definition) is 3. The summed E-state index contributed by atoms with van der Waals surface area (Å²) >= 11 is 0. The van der Waals surface area contributed by atoms with Crippen molar-refractivity contribution in [2.45, 2.75) is 50.5 Å². The number of anilines is 2. The van der Waals surface area contributed by atoms with E-state index in [2.05, 4.69) is 71.2 Å². The van der Waals surface area contributed by atoms with Crippen molar-refractivity contribution in [3.63, 3.8) is 0 Å². The fraction of sp³-hybridized carbons (Fsp3) is 0.333. The third-order valence-corrected chi connectivity index (χ3v) is 7.48. The van der Waals surface area contributed by atoms with Crippen LogP contribution in [-0.2, 0) is 5.41 Å². The van der Waals surface area contributed by atoms with Crippen molar-refractivity contribution in [3.05, 3.63) is 60.7 Å². The Morgan fingerprint density at radius 1 is 0.964 bits per heavy atom. The maximum atomic E-state index is 4.78. The molecule has 0 radical (unpaired) electrons. The summed E-state index contributed by atoms with van der Waals surface area (Å²) in [4.78, 5) is 15.3. The van der Waals surface area contributed by atoms with Crippen molar-refractivity contribution in [1.82, 2.24) is 15.0 Å². The molecule has 4 aromatic rings. The molecule has 1 N–H and O–H groups in total.